The molecule has 2 aliphatic heterocycles. The number of amides is 1. The van der Waals surface area contributed by atoms with Crippen molar-refractivity contribution in [2.75, 3.05) is 78.7 Å². The molecule has 0 aromatic carbocycles. The van der Waals surface area contributed by atoms with Gasteiger partial charge in [0.15, 0.2) is 5.96 Å². The summed E-state index contributed by atoms with van der Waals surface area (Å²) >= 11 is 0. The van der Waals surface area contributed by atoms with Crippen LogP contribution in [0.1, 0.15) is 34.1 Å². The van der Waals surface area contributed by atoms with Crippen molar-refractivity contribution in [3.8, 4) is 0 Å². The molecule has 0 aliphatic carbocycles. The molecule has 0 spiro atoms. The summed E-state index contributed by atoms with van der Waals surface area (Å²) in [5.41, 5.74) is 0. The van der Waals surface area contributed by atoms with Gasteiger partial charge in [-0.25, -0.2) is 0 Å². The molecule has 0 saturated carbocycles. The third-order valence-corrected chi connectivity index (χ3v) is 5.53. The van der Waals surface area contributed by atoms with Crippen LogP contribution in [0.2, 0.25) is 0 Å². The summed E-state index contributed by atoms with van der Waals surface area (Å²) in [6.45, 7) is 17.7. The zero-order valence-electron chi connectivity index (χ0n) is 18.9. The molecule has 1 atom stereocenters. The van der Waals surface area contributed by atoms with Crippen LogP contribution >= 0.6 is 0 Å². The zero-order valence-corrected chi connectivity index (χ0v) is 18.9. The van der Waals surface area contributed by atoms with Gasteiger partial charge in [-0.3, -0.25) is 14.7 Å². The summed E-state index contributed by atoms with van der Waals surface area (Å²) in [6, 6.07) is 0. The van der Waals surface area contributed by atoms with E-state index in [1.54, 1.807) is 0 Å². The lowest BCUT2D eigenvalue weighted by Crippen LogP contribution is -2.55. The second-order valence-corrected chi connectivity index (χ2v) is 8.02. The molecule has 8 heteroatoms. The predicted octanol–water partition coefficient (Wildman–Crippen LogP) is 0.880. The molecular weight excluding hydrogens is 370 g/mol. The fraction of sp³-hybridized carbons (Fsp3) is 0.905. The summed E-state index contributed by atoms with van der Waals surface area (Å²) in [5, 5.41) is 3.42. The lowest BCUT2D eigenvalue weighted by molar-refractivity contribution is -0.136. The van der Waals surface area contributed by atoms with Crippen LogP contribution in [0.4, 0.5) is 0 Å². The summed E-state index contributed by atoms with van der Waals surface area (Å²) < 4.78 is 11.2. The van der Waals surface area contributed by atoms with Gasteiger partial charge in [-0.1, -0.05) is 13.8 Å². The highest BCUT2D eigenvalue weighted by Crippen LogP contribution is 2.11. The maximum absolute atomic E-state index is 12.5. The van der Waals surface area contributed by atoms with E-state index < -0.39 is 0 Å². The number of hydrogen-bond acceptors (Lipinski definition) is 5. The van der Waals surface area contributed by atoms with Gasteiger partial charge in [0.1, 0.15) is 0 Å². The van der Waals surface area contributed by atoms with Crippen LogP contribution in [0.3, 0.4) is 0 Å². The first-order valence-corrected chi connectivity index (χ1v) is 11.3. The smallest absolute Gasteiger partial charge is 0.236 e. The van der Waals surface area contributed by atoms with Crippen molar-refractivity contribution in [2.24, 2.45) is 10.9 Å². The number of carbonyl (C=O) groups is 1. The molecule has 1 N–H and O–H groups in total. The SMILES string of the molecule is CCNC(=NCCC(OCC)C(C)C)N1CCN(CC(=O)N2CCOCC2)CC1. The number of ether oxygens (including phenoxy) is 2. The summed E-state index contributed by atoms with van der Waals surface area (Å²) in [5.74, 6) is 1.70. The number of carbonyl (C=O) groups excluding carboxylic acids is 1. The minimum absolute atomic E-state index is 0.220. The maximum atomic E-state index is 12.5. The Morgan fingerprint density at radius 2 is 1.76 bits per heavy atom. The van der Waals surface area contributed by atoms with Crippen LogP contribution < -0.4 is 5.32 Å². The maximum Gasteiger partial charge on any atom is 0.236 e. The van der Waals surface area contributed by atoms with Crippen molar-refractivity contribution >= 4 is 11.9 Å². The van der Waals surface area contributed by atoms with Gasteiger partial charge >= 0.3 is 0 Å². The summed E-state index contributed by atoms with van der Waals surface area (Å²) in [6.07, 6.45) is 1.20. The van der Waals surface area contributed by atoms with Crippen molar-refractivity contribution in [3.63, 3.8) is 0 Å². The van der Waals surface area contributed by atoms with Crippen LogP contribution in [0.15, 0.2) is 4.99 Å². The van der Waals surface area contributed by atoms with Crippen molar-refractivity contribution in [3.05, 3.63) is 0 Å². The summed E-state index contributed by atoms with van der Waals surface area (Å²) in [7, 11) is 0. The second kappa shape index (κ2) is 13.0. The Kier molecular flexibility index (Phi) is 10.7. The summed E-state index contributed by atoms with van der Waals surface area (Å²) in [4.78, 5) is 23.8. The van der Waals surface area contributed by atoms with Crippen LogP contribution in [0.25, 0.3) is 0 Å². The fourth-order valence-electron chi connectivity index (χ4n) is 3.77. The van der Waals surface area contributed by atoms with E-state index >= 15 is 0 Å². The molecule has 1 amide bonds. The number of nitrogens with one attached hydrogen (secondary N) is 1. The molecule has 0 aromatic heterocycles. The number of nitrogens with zero attached hydrogens (tertiary/aromatic N) is 4. The molecular formula is C21H41N5O3. The molecule has 2 saturated heterocycles. The minimum atomic E-state index is 0.220. The normalized spacial score (nSPS) is 20.2. The van der Waals surface area contributed by atoms with Gasteiger partial charge in [-0.05, 0) is 26.2 Å². The first-order chi connectivity index (χ1) is 14.0. The number of guanidine groups is 1. The number of aliphatic imine (C=N–C) groups is 1. The standard InChI is InChI=1S/C21H41N5O3/c1-5-22-21(23-8-7-19(18(3)4)29-6-2)26-11-9-24(10-12-26)17-20(27)25-13-15-28-16-14-25/h18-19H,5-17H2,1-4H3,(H,22,23). The van der Waals surface area contributed by atoms with E-state index in [9.17, 15) is 4.79 Å². The Balaban J connectivity index is 1.79. The van der Waals surface area contributed by atoms with E-state index in [4.69, 9.17) is 14.5 Å². The quantitative estimate of drug-likeness (QED) is 0.449. The van der Waals surface area contributed by atoms with E-state index in [2.05, 4.69) is 35.9 Å². The molecule has 0 radical (unpaired) electrons. The minimum Gasteiger partial charge on any atom is -0.378 e. The Labute approximate surface area is 176 Å². The Hall–Kier alpha value is -1.38. The monoisotopic (exact) mass is 411 g/mol. The Morgan fingerprint density at radius 3 is 2.34 bits per heavy atom. The molecule has 8 nitrogen and oxygen atoms in total. The molecule has 2 heterocycles. The van der Waals surface area contributed by atoms with Crippen LogP contribution in [-0.2, 0) is 14.3 Å². The third-order valence-electron chi connectivity index (χ3n) is 5.53. The lowest BCUT2D eigenvalue weighted by atomic mass is 10.0. The third kappa shape index (κ3) is 8.10. The molecule has 29 heavy (non-hydrogen) atoms. The highest BCUT2D eigenvalue weighted by Gasteiger charge is 2.24. The number of hydrogen-bond donors (Lipinski definition) is 1. The van der Waals surface area contributed by atoms with Gasteiger partial charge in [-0.2, -0.15) is 0 Å². The van der Waals surface area contributed by atoms with E-state index in [1.807, 2.05) is 11.8 Å². The molecule has 1 unspecified atom stereocenters. The number of morpholine rings is 1. The average molecular weight is 412 g/mol. The van der Waals surface area contributed by atoms with Gasteiger partial charge < -0.3 is 24.6 Å². The highest BCUT2D eigenvalue weighted by molar-refractivity contribution is 5.80. The molecule has 2 fully saturated rings. The van der Waals surface area contributed by atoms with Crippen LogP contribution in [0, 0.1) is 5.92 Å². The van der Waals surface area contributed by atoms with E-state index in [1.165, 1.54) is 0 Å². The molecule has 168 valence electrons. The van der Waals surface area contributed by atoms with Crippen molar-refractivity contribution in [1.82, 2.24) is 20.0 Å². The van der Waals surface area contributed by atoms with E-state index in [0.29, 0.717) is 25.7 Å². The van der Waals surface area contributed by atoms with Crippen molar-refractivity contribution < 1.29 is 14.3 Å². The zero-order chi connectivity index (χ0) is 21.1. The van der Waals surface area contributed by atoms with Gasteiger partial charge in [0.2, 0.25) is 5.91 Å². The largest absolute Gasteiger partial charge is 0.378 e. The first-order valence-electron chi connectivity index (χ1n) is 11.3. The predicted molar refractivity (Wildman–Crippen MR) is 116 cm³/mol. The molecule has 0 bridgehead atoms. The van der Waals surface area contributed by atoms with Gasteiger partial charge in [0.25, 0.3) is 0 Å². The van der Waals surface area contributed by atoms with Gasteiger partial charge in [0, 0.05) is 59.0 Å². The topological polar surface area (TPSA) is 69.6 Å². The first kappa shape index (κ1) is 23.9. The van der Waals surface area contributed by atoms with Crippen molar-refractivity contribution in [2.45, 2.75) is 40.2 Å². The fourth-order valence-corrected chi connectivity index (χ4v) is 3.77. The lowest BCUT2D eigenvalue weighted by Gasteiger charge is -2.37. The van der Waals surface area contributed by atoms with Crippen LogP contribution in [-0.4, -0.2) is 111 Å². The van der Waals surface area contributed by atoms with E-state index in [0.717, 1.165) is 71.3 Å². The van der Waals surface area contributed by atoms with Gasteiger partial charge in [-0.15, -0.1) is 0 Å². The van der Waals surface area contributed by atoms with Crippen LogP contribution in [0.5, 0.6) is 0 Å². The Bertz CT molecular complexity index is 501. The van der Waals surface area contributed by atoms with E-state index in [-0.39, 0.29) is 12.0 Å². The second-order valence-electron chi connectivity index (χ2n) is 8.02. The molecule has 2 rings (SSSR count). The average Bonchev–Trinajstić information content (AvgIpc) is 2.73. The Morgan fingerprint density at radius 1 is 1.07 bits per heavy atom. The van der Waals surface area contributed by atoms with Gasteiger partial charge in [0.05, 0.1) is 25.9 Å². The number of rotatable bonds is 9. The highest BCUT2D eigenvalue weighted by atomic mass is 16.5. The molecule has 0 aromatic rings. The number of piperazine rings is 1. The molecule has 2 aliphatic rings. The van der Waals surface area contributed by atoms with Crippen molar-refractivity contribution in [1.29, 1.82) is 0 Å².